The number of ketones is 1. The van der Waals surface area contributed by atoms with Gasteiger partial charge in [0.15, 0.2) is 5.78 Å². The minimum Gasteiger partial charge on any atom is -0.392 e. The maximum atomic E-state index is 12.1. The van der Waals surface area contributed by atoms with Gasteiger partial charge in [0.2, 0.25) is 0 Å². The van der Waals surface area contributed by atoms with Gasteiger partial charge in [-0.25, -0.2) is 0 Å². The van der Waals surface area contributed by atoms with Crippen LogP contribution in [0.2, 0.25) is 0 Å². The Balaban J connectivity index is 1.37. The Morgan fingerprint density at radius 1 is 1.03 bits per heavy atom. The summed E-state index contributed by atoms with van der Waals surface area (Å²) >= 11 is 0. The molecular weight excluding hydrogens is 404 g/mol. The first-order valence-corrected chi connectivity index (χ1v) is 13.4. The number of hydrogen-bond donors (Lipinski definition) is 1. The Hall–Kier alpha value is -1.67. The first kappa shape index (κ1) is 23.1. The summed E-state index contributed by atoms with van der Waals surface area (Å²) in [4.78, 5) is 12.1. The van der Waals surface area contributed by atoms with Crippen molar-refractivity contribution in [2.24, 2.45) is 40.4 Å². The number of aliphatic hydroxyl groups excluding tert-OH is 1. The highest BCUT2D eigenvalue weighted by Crippen LogP contribution is 2.67. The highest BCUT2D eigenvalue weighted by Gasteiger charge is 2.60. The number of aliphatic hydroxyl groups is 1. The van der Waals surface area contributed by atoms with Gasteiger partial charge < -0.3 is 5.11 Å². The number of fused-ring (bicyclic) bond motifs is 5. The molecule has 0 aromatic heterocycles. The fraction of sp³-hybridized carbons (Fsp3) is 0.645. The van der Waals surface area contributed by atoms with Crippen molar-refractivity contribution in [1.82, 2.24) is 0 Å². The maximum Gasteiger partial charge on any atom is 0.155 e. The molecule has 0 spiro atoms. The van der Waals surface area contributed by atoms with Gasteiger partial charge in [-0.3, -0.25) is 4.79 Å². The molecule has 0 radical (unpaired) electrons. The van der Waals surface area contributed by atoms with Gasteiger partial charge in [0.05, 0.1) is 6.10 Å². The van der Waals surface area contributed by atoms with Crippen LogP contribution in [0.3, 0.4) is 0 Å². The van der Waals surface area contributed by atoms with Gasteiger partial charge in [-0.05, 0) is 97.0 Å². The highest BCUT2D eigenvalue weighted by molar-refractivity contribution is 5.91. The molecule has 178 valence electrons. The van der Waals surface area contributed by atoms with Crippen molar-refractivity contribution in [3.05, 3.63) is 60.2 Å². The molecule has 0 bridgehead atoms. The molecule has 9 atom stereocenters. The lowest BCUT2D eigenvalue weighted by molar-refractivity contribution is -0.117. The Labute approximate surface area is 200 Å². The van der Waals surface area contributed by atoms with E-state index in [0.29, 0.717) is 17.1 Å². The fourth-order valence-corrected chi connectivity index (χ4v) is 9.18. The predicted octanol–water partition coefficient (Wildman–Crippen LogP) is 7.10. The summed E-state index contributed by atoms with van der Waals surface area (Å²) in [5, 5.41) is 11.5. The SMILES string of the molecule is C=C[C@H](c1ccccc1)[C@@H](O)[C@@H](C)[C@H]1CC[C@H]2[C@@H]3CCC4=CC(=O)CC[C@]4(C)[C@H]3CC[C@]12C. The molecule has 0 amide bonds. The van der Waals surface area contributed by atoms with Gasteiger partial charge in [0, 0.05) is 12.3 Å². The van der Waals surface area contributed by atoms with Crippen molar-refractivity contribution in [2.75, 3.05) is 0 Å². The summed E-state index contributed by atoms with van der Waals surface area (Å²) in [6.07, 6.45) is 12.8. The molecule has 1 aromatic carbocycles. The second-order valence-corrected chi connectivity index (χ2v) is 12.2. The fourth-order valence-electron chi connectivity index (χ4n) is 9.18. The summed E-state index contributed by atoms with van der Waals surface area (Å²) in [6.45, 7) is 11.4. The summed E-state index contributed by atoms with van der Waals surface area (Å²) in [6, 6.07) is 10.4. The molecule has 3 saturated carbocycles. The molecule has 2 heteroatoms. The quantitative estimate of drug-likeness (QED) is 0.490. The summed E-state index contributed by atoms with van der Waals surface area (Å²) in [5.74, 6) is 3.40. The van der Waals surface area contributed by atoms with Gasteiger partial charge in [-0.2, -0.15) is 0 Å². The van der Waals surface area contributed by atoms with Gasteiger partial charge in [0.1, 0.15) is 0 Å². The first-order chi connectivity index (χ1) is 15.8. The average Bonchev–Trinajstić information content (AvgIpc) is 3.17. The predicted molar refractivity (Wildman–Crippen MR) is 135 cm³/mol. The lowest BCUT2D eigenvalue weighted by Gasteiger charge is -2.58. The van der Waals surface area contributed by atoms with E-state index in [9.17, 15) is 9.90 Å². The van der Waals surface area contributed by atoms with Crippen molar-refractivity contribution < 1.29 is 9.90 Å². The van der Waals surface area contributed by atoms with Gasteiger partial charge in [-0.1, -0.05) is 62.8 Å². The number of carbonyl (C=O) groups is 1. The number of benzene rings is 1. The molecule has 0 heterocycles. The van der Waals surface area contributed by atoms with E-state index >= 15 is 0 Å². The van der Waals surface area contributed by atoms with Crippen molar-refractivity contribution in [2.45, 2.75) is 84.2 Å². The van der Waals surface area contributed by atoms with E-state index in [1.807, 2.05) is 18.2 Å². The van der Waals surface area contributed by atoms with Crippen molar-refractivity contribution in [1.29, 1.82) is 0 Å². The van der Waals surface area contributed by atoms with E-state index < -0.39 is 6.10 Å². The van der Waals surface area contributed by atoms with Crippen LogP contribution in [-0.4, -0.2) is 17.0 Å². The summed E-state index contributed by atoms with van der Waals surface area (Å²) in [7, 11) is 0. The van der Waals surface area contributed by atoms with E-state index in [1.54, 1.807) is 0 Å². The third-order valence-corrected chi connectivity index (χ3v) is 11.0. The smallest absolute Gasteiger partial charge is 0.155 e. The molecule has 4 aliphatic carbocycles. The van der Waals surface area contributed by atoms with Gasteiger partial charge in [-0.15, -0.1) is 6.58 Å². The topological polar surface area (TPSA) is 37.3 Å². The Morgan fingerprint density at radius 2 is 1.79 bits per heavy atom. The molecule has 5 rings (SSSR count). The Bertz CT molecular complexity index is 932. The van der Waals surface area contributed by atoms with Crippen LogP contribution in [0.15, 0.2) is 54.6 Å². The highest BCUT2D eigenvalue weighted by atomic mass is 16.3. The minimum atomic E-state index is -0.397. The molecule has 0 unspecified atom stereocenters. The van der Waals surface area contributed by atoms with Crippen molar-refractivity contribution >= 4 is 5.78 Å². The van der Waals surface area contributed by atoms with Crippen LogP contribution in [0.4, 0.5) is 0 Å². The van der Waals surface area contributed by atoms with Crippen LogP contribution >= 0.6 is 0 Å². The van der Waals surface area contributed by atoms with E-state index in [-0.39, 0.29) is 17.3 Å². The molecular formula is C31H42O2. The van der Waals surface area contributed by atoms with E-state index in [4.69, 9.17) is 0 Å². The second-order valence-electron chi connectivity index (χ2n) is 12.2. The summed E-state index contributed by atoms with van der Waals surface area (Å²) < 4.78 is 0. The first-order valence-electron chi connectivity index (χ1n) is 13.4. The lowest BCUT2D eigenvalue weighted by Crippen LogP contribution is -2.51. The van der Waals surface area contributed by atoms with E-state index in [1.165, 1.54) is 43.2 Å². The Morgan fingerprint density at radius 3 is 2.52 bits per heavy atom. The molecule has 0 saturated heterocycles. The summed E-state index contributed by atoms with van der Waals surface area (Å²) in [5.41, 5.74) is 3.18. The van der Waals surface area contributed by atoms with Crippen LogP contribution in [0.5, 0.6) is 0 Å². The molecule has 4 aliphatic rings. The zero-order chi connectivity index (χ0) is 23.4. The van der Waals surface area contributed by atoms with Crippen LogP contribution in [0, 0.1) is 40.4 Å². The lowest BCUT2D eigenvalue weighted by atomic mass is 9.46. The monoisotopic (exact) mass is 446 g/mol. The third kappa shape index (κ3) is 3.59. The second kappa shape index (κ2) is 8.52. The molecule has 2 nitrogen and oxygen atoms in total. The number of allylic oxidation sites excluding steroid dienone is 1. The normalized spacial score (nSPS) is 40.6. The zero-order valence-corrected chi connectivity index (χ0v) is 20.8. The Kier molecular flexibility index (Phi) is 5.96. The van der Waals surface area contributed by atoms with E-state index in [2.05, 4.69) is 51.6 Å². The third-order valence-electron chi connectivity index (χ3n) is 11.0. The van der Waals surface area contributed by atoms with Crippen LogP contribution < -0.4 is 0 Å². The number of carbonyl (C=O) groups excluding carboxylic acids is 1. The van der Waals surface area contributed by atoms with Gasteiger partial charge in [0.25, 0.3) is 0 Å². The molecule has 33 heavy (non-hydrogen) atoms. The zero-order valence-electron chi connectivity index (χ0n) is 20.8. The average molecular weight is 447 g/mol. The van der Waals surface area contributed by atoms with Crippen LogP contribution in [0.25, 0.3) is 0 Å². The molecule has 1 aromatic rings. The number of hydrogen-bond acceptors (Lipinski definition) is 2. The molecule has 3 fully saturated rings. The standard InChI is InChI=1S/C31H42O2/c1-5-24(21-9-7-6-8-10-21)29(33)20(2)26-13-14-27-25-12-11-22-19-23(32)15-17-30(22,3)28(25)16-18-31(26,27)4/h5-10,19-20,24-29,33H,1,11-18H2,2-4H3/t20-,24+,25-,26+,27-,28-,29-,30-,31+/m0/s1. The molecule has 1 N–H and O–H groups in total. The van der Waals surface area contributed by atoms with Crippen LogP contribution in [0.1, 0.15) is 83.6 Å². The minimum absolute atomic E-state index is 0.0127. The van der Waals surface area contributed by atoms with Crippen molar-refractivity contribution in [3.8, 4) is 0 Å². The van der Waals surface area contributed by atoms with E-state index in [0.717, 1.165) is 37.0 Å². The van der Waals surface area contributed by atoms with Gasteiger partial charge >= 0.3 is 0 Å². The molecule has 0 aliphatic heterocycles. The van der Waals surface area contributed by atoms with Crippen molar-refractivity contribution in [3.63, 3.8) is 0 Å². The maximum absolute atomic E-state index is 12.1. The van der Waals surface area contributed by atoms with Crippen LogP contribution in [-0.2, 0) is 4.79 Å². The largest absolute Gasteiger partial charge is 0.392 e. The number of rotatable bonds is 5.